The Labute approximate surface area is 106 Å². The van der Waals surface area contributed by atoms with Gasteiger partial charge in [-0.2, -0.15) is 0 Å². The molecule has 0 aliphatic carbocycles. The van der Waals surface area contributed by atoms with E-state index in [-0.39, 0.29) is 19.8 Å². The maximum atomic E-state index is 10.7. The van der Waals surface area contributed by atoms with Crippen molar-refractivity contribution in [1.29, 1.82) is 0 Å². The maximum Gasteiger partial charge on any atom is 0.330 e. The lowest BCUT2D eigenvalue weighted by Gasteiger charge is -2.11. The quantitative estimate of drug-likeness (QED) is 0.267. The molecule has 0 heterocycles. The van der Waals surface area contributed by atoms with Crippen molar-refractivity contribution >= 4 is 11.9 Å². The van der Waals surface area contributed by atoms with Gasteiger partial charge in [0.1, 0.15) is 6.61 Å². The second-order valence-corrected chi connectivity index (χ2v) is 3.21. The molecule has 0 spiro atoms. The molecule has 0 bridgehead atoms. The van der Waals surface area contributed by atoms with E-state index >= 15 is 0 Å². The maximum absolute atomic E-state index is 10.7. The van der Waals surface area contributed by atoms with E-state index in [0.717, 1.165) is 12.2 Å². The number of carbonyl (C=O) groups is 2. The number of rotatable bonds is 10. The average Bonchev–Trinajstić information content (AvgIpc) is 2.38. The first-order valence-corrected chi connectivity index (χ1v) is 5.48. The van der Waals surface area contributed by atoms with Crippen LogP contribution in [0.4, 0.5) is 0 Å². The molecular formula is C12H18O6. The molecule has 1 N–H and O–H groups in total. The van der Waals surface area contributed by atoms with Gasteiger partial charge in [0.15, 0.2) is 6.29 Å². The Kier molecular flexibility index (Phi) is 9.52. The van der Waals surface area contributed by atoms with E-state index in [1.807, 2.05) is 0 Å². The van der Waals surface area contributed by atoms with E-state index < -0.39 is 18.2 Å². The van der Waals surface area contributed by atoms with Gasteiger partial charge in [-0.25, -0.2) is 9.59 Å². The van der Waals surface area contributed by atoms with Crippen LogP contribution < -0.4 is 0 Å². The van der Waals surface area contributed by atoms with Crippen LogP contribution in [0.1, 0.15) is 12.8 Å². The minimum atomic E-state index is -0.977. The van der Waals surface area contributed by atoms with Crippen molar-refractivity contribution in [1.82, 2.24) is 0 Å². The molecule has 1 unspecified atom stereocenters. The second-order valence-electron chi connectivity index (χ2n) is 3.21. The Balaban J connectivity index is 3.40. The van der Waals surface area contributed by atoms with Gasteiger partial charge >= 0.3 is 11.9 Å². The van der Waals surface area contributed by atoms with Crippen LogP contribution in [0.5, 0.6) is 0 Å². The summed E-state index contributed by atoms with van der Waals surface area (Å²) in [5.41, 5.74) is 0. The Bertz CT molecular complexity index is 258. The summed E-state index contributed by atoms with van der Waals surface area (Å²) in [5, 5.41) is 9.35. The number of aliphatic hydroxyl groups is 1. The van der Waals surface area contributed by atoms with Crippen LogP contribution in [-0.2, 0) is 23.8 Å². The molecular weight excluding hydrogens is 240 g/mol. The first kappa shape index (κ1) is 16.3. The van der Waals surface area contributed by atoms with Crippen LogP contribution in [0.15, 0.2) is 25.3 Å². The van der Waals surface area contributed by atoms with Crippen molar-refractivity contribution in [2.75, 3.05) is 19.8 Å². The van der Waals surface area contributed by atoms with E-state index in [0.29, 0.717) is 12.8 Å². The zero-order chi connectivity index (χ0) is 13.8. The predicted octanol–water partition coefficient (Wildman–Crippen LogP) is 0.560. The molecule has 0 aromatic carbocycles. The third kappa shape index (κ3) is 9.56. The third-order valence-electron chi connectivity index (χ3n) is 1.81. The monoisotopic (exact) mass is 258 g/mol. The number of ether oxygens (including phenoxy) is 3. The first-order valence-electron chi connectivity index (χ1n) is 5.48. The molecule has 6 nitrogen and oxygen atoms in total. The highest BCUT2D eigenvalue weighted by Crippen LogP contribution is 1.99. The topological polar surface area (TPSA) is 82.1 Å². The fourth-order valence-corrected chi connectivity index (χ4v) is 0.958. The van der Waals surface area contributed by atoms with E-state index in [2.05, 4.69) is 17.9 Å². The molecule has 0 rings (SSSR count). The highest BCUT2D eigenvalue weighted by molar-refractivity contribution is 5.81. The average molecular weight is 258 g/mol. The number of esters is 2. The first-order chi connectivity index (χ1) is 8.60. The van der Waals surface area contributed by atoms with Crippen molar-refractivity contribution in [3.05, 3.63) is 25.3 Å². The Morgan fingerprint density at radius 3 is 2.17 bits per heavy atom. The summed E-state index contributed by atoms with van der Waals surface area (Å²) < 4.78 is 14.3. The van der Waals surface area contributed by atoms with Crippen molar-refractivity contribution in [3.8, 4) is 0 Å². The van der Waals surface area contributed by atoms with Gasteiger partial charge in [-0.05, 0) is 6.42 Å². The number of hydrogen-bond acceptors (Lipinski definition) is 6. The third-order valence-corrected chi connectivity index (χ3v) is 1.81. The van der Waals surface area contributed by atoms with Crippen molar-refractivity contribution < 1.29 is 28.9 Å². The second kappa shape index (κ2) is 10.5. The number of carbonyl (C=O) groups excluding carboxylic acids is 2. The SMILES string of the molecule is C=CC(=O)OCCCC(O)OCCOC(=O)C=C. The van der Waals surface area contributed by atoms with Gasteiger partial charge in [0.05, 0.1) is 13.2 Å². The minimum Gasteiger partial charge on any atom is -0.463 e. The van der Waals surface area contributed by atoms with Crippen LogP contribution in [0.3, 0.4) is 0 Å². The van der Waals surface area contributed by atoms with Crippen molar-refractivity contribution in [3.63, 3.8) is 0 Å². The van der Waals surface area contributed by atoms with Crippen LogP contribution in [0, 0.1) is 0 Å². The molecule has 0 radical (unpaired) electrons. The molecule has 0 aromatic rings. The van der Waals surface area contributed by atoms with Crippen molar-refractivity contribution in [2.45, 2.75) is 19.1 Å². The summed E-state index contributed by atoms with van der Waals surface area (Å²) in [4.78, 5) is 21.3. The van der Waals surface area contributed by atoms with Crippen LogP contribution >= 0.6 is 0 Å². The normalized spacial score (nSPS) is 11.4. The highest BCUT2D eigenvalue weighted by Gasteiger charge is 2.05. The lowest BCUT2D eigenvalue weighted by atomic mass is 10.3. The summed E-state index contributed by atoms with van der Waals surface area (Å²) in [7, 11) is 0. The summed E-state index contributed by atoms with van der Waals surface area (Å²) in [6.45, 7) is 6.81. The molecule has 0 aliphatic rings. The summed E-state index contributed by atoms with van der Waals surface area (Å²) >= 11 is 0. The molecule has 1 atom stereocenters. The van der Waals surface area contributed by atoms with Crippen LogP contribution in [0.2, 0.25) is 0 Å². The van der Waals surface area contributed by atoms with E-state index in [1.165, 1.54) is 0 Å². The Morgan fingerprint density at radius 2 is 1.61 bits per heavy atom. The Hall–Kier alpha value is -1.66. The number of hydrogen-bond donors (Lipinski definition) is 1. The predicted molar refractivity (Wildman–Crippen MR) is 63.5 cm³/mol. The zero-order valence-electron chi connectivity index (χ0n) is 10.2. The largest absolute Gasteiger partial charge is 0.463 e. The van der Waals surface area contributed by atoms with Crippen LogP contribution in [0.25, 0.3) is 0 Å². The van der Waals surface area contributed by atoms with Gasteiger partial charge < -0.3 is 19.3 Å². The van der Waals surface area contributed by atoms with Gasteiger partial charge in [0.25, 0.3) is 0 Å². The summed E-state index contributed by atoms with van der Waals surface area (Å²) in [6, 6.07) is 0. The molecule has 0 fully saturated rings. The summed E-state index contributed by atoms with van der Waals surface area (Å²) in [6.07, 6.45) is 1.92. The molecule has 0 aliphatic heterocycles. The van der Waals surface area contributed by atoms with E-state index in [1.54, 1.807) is 0 Å². The minimum absolute atomic E-state index is 0.0490. The zero-order valence-corrected chi connectivity index (χ0v) is 10.2. The van der Waals surface area contributed by atoms with Crippen molar-refractivity contribution in [2.24, 2.45) is 0 Å². The molecule has 0 aromatic heterocycles. The molecule has 0 amide bonds. The molecule has 0 saturated heterocycles. The highest BCUT2D eigenvalue weighted by atomic mass is 16.6. The van der Waals surface area contributed by atoms with Gasteiger partial charge in [0.2, 0.25) is 0 Å². The standard InChI is InChI=1S/C12H18O6/c1-3-10(13)16-7-5-6-12(15)18-9-8-17-11(14)4-2/h3-4,12,15H,1-2,5-9H2. The Morgan fingerprint density at radius 1 is 1.06 bits per heavy atom. The van der Waals surface area contributed by atoms with Crippen LogP contribution in [-0.4, -0.2) is 43.2 Å². The fraction of sp³-hybridized carbons (Fsp3) is 0.500. The summed E-state index contributed by atoms with van der Waals surface area (Å²) in [5.74, 6) is -1.04. The fourth-order valence-electron chi connectivity index (χ4n) is 0.958. The van der Waals surface area contributed by atoms with Gasteiger partial charge in [-0.3, -0.25) is 0 Å². The van der Waals surface area contributed by atoms with Gasteiger partial charge in [0, 0.05) is 18.6 Å². The molecule has 18 heavy (non-hydrogen) atoms. The van der Waals surface area contributed by atoms with E-state index in [4.69, 9.17) is 9.47 Å². The molecule has 6 heteroatoms. The smallest absolute Gasteiger partial charge is 0.330 e. The molecule has 102 valence electrons. The van der Waals surface area contributed by atoms with Gasteiger partial charge in [-0.15, -0.1) is 0 Å². The number of aliphatic hydroxyl groups excluding tert-OH is 1. The van der Waals surface area contributed by atoms with E-state index in [9.17, 15) is 14.7 Å². The lowest BCUT2D eigenvalue weighted by Crippen LogP contribution is -2.17. The van der Waals surface area contributed by atoms with Gasteiger partial charge in [-0.1, -0.05) is 13.2 Å². The molecule has 0 saturated carbocycles. The lowest BCUT2D eigenvalue weighted by molar-refractivity contribution is -0.147.